The second-order valence-corrected chi connectivity index (χ2v) is 10.6. The van der Waals surface area contributed by atoms with Crippen LogP contribution in [0, 0.1) is 11.8 Å². The fourth-order valence-electron chi connectivity index (χ4n) is 5.65. The van der Waals surface area contributed by atoms with E-state index in [-0.39, 0.29) is 29.1 Å². The molecule has 0 aromatic heterocycles. The van der Waals surface area contributed by atoms with Gasteiger partial charge in [0, 0.05) is 31.5 Å². The number of likely N-dealkylation sites (tertiary alicyclic amines) is 1. The van der Waals surface area contributed by atoms with Crippen LogP contribution in [0.4, 0.5) is 0 Å². The van der Waals surface area contributed by atoms with Crippen LogP contribution < -0.4 is 10.6 Å². The monoisotopic (exact) mass is 431 g/mol. The summed E-state index contributed by atoms with van der Waals surface area (Å²) in [5.74, 6) is -1.39. The lowest BCUT2D eigenvalue weighted by Gasteiger charge is -2.34. The van der Waals surface area contributed by atoms with Gasteiger partial charge in [-0.25, -0.2) is 0 Å². The van der Waals surface area contributed by atoms with E-state index in [1.54, 1.807) is 23.7 Å². The van der Waals surface area contributed by atoms with Gasteiger partial charge in [0.1, 0.15) is 6.04 Å². The molecule has 162 valence electrons. The van der Waals surface area contributed by atoms with Crippen LogP contribution in [0.15, 0.2) is 30.3 Å². The Morgan fingerprint density at radius 2 is 1.97 bits per heavy atom. The smallest absolute Gasteiger partial charge is 0.244 e. The van der Waals surface area contributed by atoms with Gasteiger partial charge in [0.15, 0.2) is 0 Å². The van der Waals surface area contributed by atoms with Crippen molar-refractivity contribution in [1.29, 1.82) is 0 Å². The van der Waals surface area contributed by atoms with E-state index >= 15 is 0 Å². The van der Waals surface area contributed by atoms with E-state index in [0.29, 0.717) is 19.5 Å². The van der Waals surface area contributed by atoms with Crippen molar-refractivity contribution in [2.45, 2.75) is 48.3 Å². The molecule has 8 heteroatoms. The molecule has 3 aliphatic heterocycles. The molecule has 1 spiro atoms. The molecule has 0 saturated carbocycles. The molecule has 1 aromatic carbocycles. The third-order valence-corrected chi connectivity index (χ3v) is 8.91. The van der Waals surface area contributed by atoms with Gasteiger partial charge in [0.25, 0.3) is 0 Å². The molecule has 30 heavy (non-hydrogen) atoms. The molecule has 0 aliphatic carbocycles. The lowest BCUT2D eigenvalue weighted by atomic mass is 9.66. The molecule has 3 heterocycles. The largest absolute Gasteiger partial charge is 0.396 e. The van der Waals surface area contributed by atoms with Crippen molar-refractivity contribution in [2.75, 3.05) is 20.2 Å². The number of rotatable bonds is 7. The van der Waals surface area contributed by atoms with Gasteiger partial charge < -0.3 is 20.6 Å². The number of nitrogens with zero attached hydrogens (tertiary/aromatic N) is 1. The molecular formula is C22H29N3O4S. The Morgan fingerprint density at radius 1 is 1.23 bits per heavy atom. The maximum Gasteiger partial charge on any atom is 0.244 e. The Hall–Kier alpha value is -2.06. The van der Waals surface area contributed by atoms with Gasteiger partial charge in [0.05, 0.1) is 16.6 Å². The van der Waals surface area contributed by atoms with E-state index in [9.17, 15) is 19.5 Å². The summed E-state index contributed by atoms with van der Waals surface area (Å²) >= 11 is 1.66. The number of hydrogen-bond acceptors (Lipinski definition) is 5. The number of aliphatic hydroxyl groups is 1. The highest BCUT2D eigenvalue weighted by Crippen LogP contribution is 2.71. The zero-order valence-electron chi connectivity index (χ0n) is 17.4. The fraction of sp³-hybridized carbons (Fsp3) is 0.591. The number of aliphatic hydroxyl groups excluding tert-OH is 1. The molecule has 3 amide bonds. The molecule has 1 aromatic rings. The maximum atomic E-state index is 13.5. The summed E-state index contributed by atoms with van der Waals surface area (Å²) in [6.45, 7) is 2.70. The number of amides is 3. The first-order valence-electron chi connectivity index (χ1n) is 10.5. The van der Waals surface area contributed by atoms with Crippen molar-refractivity contribution in [3.05, 3.63) is 35.9 Å². The minimum Gasteiger partial charge on any atom is -0.396 e. The van der Waals surface area contributed by atoms with Gasteiger partial charge in [-0.3, -0.25) is 14.4 Å². The maximum absolute atomic E-state index is 13.5. The molecule has 3 saturated heterocycles. The van der Waals surface area contributed by atoms with Crippen LogP contribution in [-0.2, 0) is 20.9 Å². The zero-order chi connectivity index (χ0) is 21.5. The quantitative estimate of drug-likeness (QED) is 0.596. The molecule has 3 N–H and O–H groups in total. The number of nitrogens with one attached hydrogen (secondary N) is 2. The highest BCUT2D eigenvalue weighted by Gasteiger charge is 2.76. The van der Waals surface area contributed by atoms with Gasteiger partial charge in [-0.05, 0) is 31.7 Å². The van der Waals surface area contributed by atoms with E-state index in [1.165, 1.54) is 0 Å². The average molecular weight is 432 g/mol. The molecular weight excluding hydrogens is 402 g/mol. The summed E-state index contributed by atoms with van der Waals surface area (Å²) in [7, 11) is 1.60. The van der Waals surface area contributed by atoms with Crippen LogP contribution in [-0.4, -0.2) is 63.5 Å². The topological polar surface area (TPSA) is 98.7 Å². The van der Waals surface area contributed by atoms with Crippen LogP contribution in [0.2, 0.25) is 0 Å². The summed E-state index contributed by atoms with van der Waals surface area (Å²) in [4.78, 5) is 41.3. The highest BCUT2D eigenvalue weighted by molar-refractivity contribution is 8.02. The van der Waals surface area contributed by atoms with Crippen molar-refractivity contribution in [3.63, 3.8) is 0 Å². The van der Waals surface area contributed by atoms with Crippen molar-refractivity contribution < 1.29 is 19.5 Å². The number of carbonyl (C=O) groups is 3. The number of carbonyl (C=O) groups excluding carboxylic acids is 3. The number of thioether (sulfide) groups is 1. The predicted molar refractivity (Wildman–Crippen MR) is 115 cm³/mol. The first-order chi connectivity index (χ1) is 14.4. The Morgan fingerprint density at radius 3 is 2.63 bits per heavy atom. The molecule has 3 aliphatic rings. The Labute approximate surface area is 181 Å². The van der Waals surface area contributed by atoms with E-state index in [2.05, 4.69) is 17.6 Å². The van der Waals surface area contributed by atoms with Gasteiger partial charge in [-0.2, -0.15) is 0 Å². The van der Waals surface area contributed by atoms with Crippen molar-refractivity contribution in [1.82, 2.24) is 15.5 Å². The second kappa shape index (κ2) is 7.89. The molecule has 2 bridgehead atoms. The molecule has 2 unspecified atom stereocenters. The van der Waals surface area contributed by atoms with Crippen molar-refractivity contribution in [2.24, 2.45) is 11.8 Å². The Balaban J connectivity index is 1.66. The number of fused-ring (bicyclic) bond motifs is 1. The predicted octanol–water partition coefficient (Wildman–Crippen LogP) is 0.913. The molecule has 4 rings (SSSR count). The van der Waals surface area contributed by atoms with E-state index in [1.807, 2.05) is 30.3 Å². The number of benzene rings is 1. The summed E-state index contributed by atoms with van der Waals surface area (Å²) in [6.07, 6.45) is 1.94. The number of hydrogen-bond donors (Lipinski definition) is 3. The Bertz CT molecular complexity index is 850. The van der Waals surface area contributed by atoms with E-state index in [0.717, 1.165) is 18.4 Å². The van der Waals surface area contributed by atoms with Gasteiger partial charge in [-0.15, -0.1) is 11.8 Å². The standard InChI is InChI=1S/C22H29N3O4S/c1-21-9-10-22(30-21)16(15(21)18(27)23-2)20(29)25(11-6-12-26)17(22)19(28)24-13-14-7-4-3-5-8-14/h3-5,7-8,15-17,26H,6,9-13H2,1-2H3,(H,23,27)(H,24,28)/t15-,16+,17?,21+,22?/m1/s1. The summed E-state index contributed by atoms with van der Waals surface area (Å²) in [5.41, 5.74) is 0.990. The molecule has 3 fully saturated rings. The van der Waals surface area contributed by atoms with Gasteiger partial charge in [0.2, 0.25) is 17.7 Å². The van der Waals surface area contributed by atoms with Crippen molar-refractivity contribution in [3.8, 4) is 0 Å². The van der Waals surface area contributed by atoms with E-state index in [4.69, 9.17) is 0 Å². The minimum atomic E-state index is -0.633. The van der Waals surface area contributed by atoms with E-state index < -0.39 is 22.6 Å². The highest BCUT2D eigenvalue weighted by atomic mass is 32.2. The van der Waals surface area contributed by atoms with Crippen LogP contribution in [0.25, 0.3) is 0 Å². The average Bonchev–Trinajstić information content (AvgIpc) is 3.31. The first-order valence-corrected chi connectivity index (χ1v) is 11.3. The molecule has 5 atom stereocenters. The van der Waals surface area contributed by atoms with Crippen LogP contribution in [0.5, 0.6) is 0 Å². The second-order valence-electron chi connectivity index (χ2n) is 8.65. The minimum absolute atomic E-state index is 0.0520. The van der Waals surface area contributed by atoms with Crippen LogP contribution in [0.3, 0.4) is 0 Å². The molecule has 0 radical (unpaired) electrons. The van der Waals surface area contributed by atoms with Gasteiger partial charge in [-0.1, -0.05) is 30.3 Å². The van der Waals surface area contributed by atoms with Gasteiger partial charge >= 0.3 is 0 Å². The summed E-state index contributed by atoms with van der Waals surface area (Å²) in [6, 6.07) is 9.03. The van der Waals surface area contributed by atoms with Crippen molar-refractivity contribution >= 4 is 29.5 Å². The Kier molecular flexibility index (Phi) is 5.57. The third-order valence-electron chi connectivity index (χ3n) is 6.92. The fourth-order valence-corrected chi connectivity index (χ4v) is 8.00. The lowest BCUT2D eigenvalue weighted by Crippen LogP contribution is -2.53. The summed E-state index contributed by atoms with van der Waals surface area (Å²) in [5, 5.41) is 15.1. The van der Waals surface area contributed by atoms with Crippen LogP contribution >= 0.6 is 11.8 Å². The van der Waals surface area contributed by atoms with Crippen LogP contribution in [0.1, 0.15) is 31.7 Å². The zero-order valence-corrected chi connectivity index (χ0v) is 18.2. The first kappa shape index (κ1) is 21.2. The SMILES string of the molecule is CNC(=O)[C@H]1[C@H]2C(=O)N(CCCO)C(C(=O)NCc3ccccc3)C23CC[C@]1(C)S3. The third kappa shape index (κ3) is 3.12. The lowest BCUT2D eigenvalue weighted by molar-refractivity contribution is -0.140. The summed E-state index contributed by atoms with van der Waals surface area (Å²) < 4.78 is -0.944. The normalized spacial score (nSPS) is 34.2. The molecule has 7 nitrogen and oxygen atoms in total.